The minimum atomic E-state index is 0.0682. The van der Waals surface area contributed by atoms with Crippen LogP contribution in [-0.4, -0.2) is 54.4 Å². The lowest BCUT2D eigenvalue weighted by Crippen LogP contribution is -2.43. The molecule has 0 aromatic heterocycles. The van der Waals surface area contributed by atoms with Gasteiger partial charge in [-0.3, -0.25) is 4.79 Å². The quantitative estimate of drug-likeness (QED) is 0.786. The lowest BCUT2D eigenvalue weighted by Gasteiger charge is -2.34. The number of carbonyl (C=O) groups is 1. The normalized spacial score (nSPS) is 28.6. The molecule has 2 aliphatic rings. The predicted octanol–water partition coefficient (Wildman–Crippen LogP) is 0.894. The number of piperidine rings is 1. The van der Waals surface area contributed by atoms with Gasteiger partial charge < -0.3 is 20.5 Å². The molecular weight excluding hydrogens is 256 g/mol. The average Bonchev–Trinajstić information content (AvgIpc) is 2.48. The van der Waals surface area contributed by atoms with Gasteiger partial charge in [0.05, 0.1) is 19.3 Å². The standard InChI is InChI=1S/C15H28N2O3/c16-14-4-2-1-3-12(14)11-15(19)17-7-5-13(6-8-17)20-10-9-18/h12-14,18H,1-11,16H2. The van der Waals surface area contributed by atoms with Crippen molar-refractivity contribution in [1.29, 1.82) is 0 Å². The molecule has 1 aliphatic carbocycles. The van der Waals surface area contributed by atoms with Crippen LogP contribution in [0.1, 0.15) is 44.9 Å². The molecule has 1 aliphatic heterocycles. The minimum Gasteiger partial charge on any atom is -0.394 e. The summed E-state index contributed by atoms with van der Waals surface area (Å²) in [5, 5.41) is 8.74. The zero-order chi connectivity index (χ0) is 14.4. The van der Waals surface area contributed by atoms with Crippen LogP contribution < -0.4 is 5.73 Å². The number of amides is 1. The molecule has 2 fully saturated rings. The summed E-state index contributed by atoms with van der Waals surface area (Å²) in [4.78, 5) is 14.3. The van der Waals surface area contributed by atoms with Gasteiger partial charge in [0, 0.05) is 25.6 Å². The van der Waals surface area contributed by atoms with Crippen LogP contribution in [0.4, 0.5) is 0 Å². The summed E-state index contributed by atoms with van der Waals surface area (Å²) < 4.78 is 5.52. The molecule has 2 atom stereocenters. The van der Waals surface area contributed by atoms with Crippen LogP contribution >= 0.6 is 0 Å². The Kier molecular flexibility index (Phi) is 6.26. The predicted molar refractivity (Wildman–Crippen MR) is 77.2 cm³/mol. The van der Waals surface area contributed by atoms with Crippen molar-refractivity contribution in [3.63, 3.8) is 0 Å². The van der Waals surface area contributed by atoms with Crippen molar-refractivity contribution in [3.8, 4) is 0 Å². The summed E-state index contributed by atoms with van der Waals surface area (Å²) in [6.07, 6.45) is 7.15. The lowest BCUT2D eigenvalue weighted by atomic mass is 9.82. The highest BCUT2D eigenvalue weighted by molar-refractivity contribution is 5.76. The molecule has 0 bridgehead atoms. The SMILES string of the molecule is NC1CCCCC1CC(=O)N1CCC(OCCO)CC1. The summed E-state index contributed by atoms with van der Waals surface area (Å²) in [5.41, 5.74) is 6.12. The average molecular weight is 284 g/mol. The second-order valence-corrected chi connectivity index (χ2v) is 6.09. The lowest BCUT2D eigenvalue weighted by molar-refractivity contribution is -0.135. The molecule has 0 aromatic carbocycles. The first-order valence-electron chi connectivity index (χ1n) is 7.96. The fourth-order valence-electron chi connectivity index (χ4n) is 3.33. The Morgan fingerprint density at radius 1 is 1.20 bits per heavy atom. The largest absolute Gasteiger partial charge is 0.394 e. The van der Waals surface area contributed by atoms with E-state index in [1.165, 1.54) is 12.8 Å². The second-order valence-electron chi connectivity index (χ2n) is 6.09. The zero-order valence-corrected chi connectivity index (χ0v) is 12.3. The summed E-state index contributed by atoms with van der Waals surface area (Å²) in [6, 6.07) is 0.207. The van der Waals surface area contributed by atoms with Crippen molar-refractivity contribution in [3.05, 3.63) is 0 Å². The van der Waals surface area contributed by atoms with Gasteiger partial charge in [0.25, 0.3) is 0 Å². The third-order valence-electron chi connectivity index (χ3n) is 4.64. The third kappa shape index (κ3) is 4.43. The first-order chi connectivity index (χ1) is 9.70. The van der Waals surface area contributed by atoms with Crippen LogP contribution in [0.5, 0.6) is 0 Å². The van der Waals surface area contributed by atoms with Crippen LogP contribution in [0.15, 0.2) is 0 Å². The van der Waals surface area contributed by atoms with E-state index in [1.807, 2.05) is 4.90 Å². The van der Waals surface area contributed by atoms with Crippen LogP contribution in [0.25, 0.3) is 0 Å². The van der Waals surface area contributed by atoms with E-state index < -0.39 is 0 Å². The molecule has 20 heavy (non-hydrogen) atoms. The number of aliphatic hydroxyl groups excluding tert-OH is 1. The molecule has 1 saturated heterocycles. The second kappa shape index (κ2) is 7.96. The van der Waals surface area contributed by atoms with E-state index >= 15 is 0 Å². The molecule has 2 unspecified atom stereocenters. The molecule has 3 N–H and O–H groups in total. The van der Waals surface area contributed by atoms with Gasteiger partial charge in [-0.2, -0.15) is 0 Å². The molecular formula is C15H28N2O3. The van der Waals surface area contributed by atoms with Crippen molar-refractivity contribution in [2.24, 2.45) is 11.7 Å². The van der Waals surface area contributed by atoms with Crippen molar-refractivity contribution in [2.75, 3.05) is 26.3 Å². The van der Waals surface area contributed by atoms with Crippen molar-refractivity contribution < 1.29 is 14.6 Å². The van der Waals surface area contributed by atoms with Crippen LogP contribution in [0.2, 0.25) is 0 Å². The molecule has 5 heteroatoms. The number of ether oxygens (including phenoxy) is 1. The first-order valence-corrected chi connectivity index (χ1v) is 7.96. The van der Waals surface area contributed by atoms with Gasteiger partial charge in [0.2, 0.25) is 5.91 Å². The van der Waals surface area contributed by atoms with Crippen LogP contribution in [-0.2, 0) is 9.53 Å². The van der Waals surface area contributed by atoms with E-state index in [0.717, 1.165) is 38.8 Å². The Balaban J connectivity index is 1.71. The fraction of sp³-hybridized carbons (Fsp3) is 0.933. The molecule has 0 spiro atoms. The van der Waals surface area contributed by atoms with E-state index in [0.29, 0.717) is 18.9 Å². The zero-order valence-electron chi connectivity index (χ0n) is 12.3. The number of aliphatic hydroxyl groups is 1. The van der Waals surface area contributed by atoms with Gasteiger partial charge in [0.1, 0.15) is 0 Å². The number of hydrogen-bond donors (Lipinski definition) is 2. The Morgan fingerprint density at radius 2 is 1.90 bits per heavy atom. The van der Waals surface area contributed by atoms with Gasteiger partial charge in [0.15, 0.2) is 0 Å². The Morgan fingerprint density at radius 3 is 2.55 bits per heavy atom. The number of likely N-dealkylation sites (tertiary alicyclic amines) is 1. The number of rotatable bonds is 5. The molecule has 1 amide bonds. The van der Waals surface area contributed by atoms with Crippen molar-refractivity contribution in [1.82, 2.24) is 4.90 Å². The topological polar surface area (TPSA) is 75.8 Å². The summed E-state index contributed by atoms with van der Waals surface area (Å²) in [7, 11) is 0. The van der Waals surface area contributed by atoms with Gasteiger partial charge >= 0.3 is 0 Å². The number of nitrogens with two attached hydrogens (primary N) is 1. The fourth-order valence-corrected chi connectivity index (χ4v) is 3.33. The highest BCUT2D eigenvalue weighted by Crippen LogP contribution is 2.27. The summed E-state index contributed by atoms with van der Waals surface area (Å²) in [6.45, 7) is 2.02. The Bertz CT molecular complexity index is 303. The molecule has 0 aromatic rings. The van der Waals surface area contributed by atoms with Crippen LogP contribution in [0.3, 0.4) is 0 Å². The third-order valence-corrected chi connectivity index (χ3v) is 4.64. The minimum absolute atomic E-state index is 0.0682. The highest BCUT2D eigenvalue weighted by atomic mass is 16.5. The van der Waals surface area contributed by atoms with Crippen LogP contribution in [0, 0.1) is 5.92 Å². The maximum atomic E-state index is 12.3. The number of carbonyl (C=O) groups excluding carboxylic acids is 1. The van der Waals surface area contributed by atoms with E-state index in [9.17, 15) is 4.79 Å². The maximum Gasteiger partial charge on any atom is 0.222 e. The monoisotopic (exact) mass is 284 g/mol. The summed E-state index contributed by atoms with van der Waals surface area (Å²) >= 11 is 0. The molecule has 5 nitrogen and oxygen atoms in total. The van der Waals surface area contributed by atoms with Gasteiger partial charge in [-0.25, -0.2) is 0 Å². The number of nitrogens with zero attached hydrogens (tertiary/aromatic N) is 1. The summed E-state index contributed by atoms with van der Waals surface area (Å²) in [5.74, 6) is 0.632. The molecule has 2 rings (SSSR count). The van der Waals surface area contributed by atoms with Gasteiger partial charge in [-0.05, 0) is 31.6 Å². The smallest absolute Gasteiger partial charge is 0.222 e. The number of hydrogen-bond acceptors (Lipinski definition) is 4. The van der Waals surface area contributed by atoms with E-state index in [-0.39, 0.29) is 24.7 Å². The van der Waals surface area contributed by atoms with Gasteiger partial charge in [-0.1, -0.05) is 12.8 Å². The van der Waals surface area contributed by atoms with Gasteiger partial charge in [-0.15, -0.1) is 0 Å². The van der Waals surface area contributed by atoms with Crippen molar-refractivity contribution in [2.45, 2.75) is 57.1 Å². The van der Waals surface area contributed by atoms with E-state index in [2.05, 4.69) is 0 Å². The van der Waals surface area contributed by atoms with E-state index in [4.69, 9.17) is 15.6 Å². The highest BCUT2D eigenvalue weighted by Gasteiger charge is 2.28. The first kappa shape index (κ1) is 15.7. The Hall–Kier alpha value is -0.650. The maximum absolute atomic E-state index is 12.3. The molecule has 0 radical (unpaired) electrons. The molecule has 116 valence electrons. The van der Waals surface area contributed by atoms with E-state index in [1.54, 1.807) is 0 Å². The van der Waals surface area contributed by atoms with Crippen molar-refractivity contribution >= 4 is 5.91 Å². The molecule has 1 heterocycles. The Labute approximate surface area is 121 Å². The molecule has 1 saturated carbocycles.